The van der Waals surface area contributed by atoms with Crippen LogP contribution in [-0.2, 0) is 0 Å². The lowest BCUT2D eigenvalue weighted by atomic mass is 9.79. The fraction of sp³-hybridized carbons (Fsp3) is 0.625. The van der Waals surface area contributed by atoms with Crippen molar-refractivity contribution in [3.63, 3.8) is 0 Å². The van der Waals surface area contributed by atoms with E-state index in [4.69, 9.17) is 0 Å². The molecule has 0 N–H and O–H groups in total. The predicted molar refractivity (Wildman–Crippen MR) is 78.2 cm³/mol. The van der Waals surface area contributed by atoms with Gasteiger partial charge in [0.15, 0.2) is 0 Å². The molecule has 0 aromatic heterocycles. The molecule has 1 aliphatic heterocycles. The number of para-hydroxylation sites is 2. The van der Waals surface area contributed by atoms with E-state index in [0.29, 0.717) is 12.2 Å². The van der Waals surface area contributed by atoms with E-state index in [1.165, 1.54) is 30.6 Å². The molecule has 18 heavy (non-hydrogen) atoms. The number of hydrogen-bond acceptors (Lipinski definition) is 2. The largest absolute Gasteiger partial charge is 0.350 e. The minimum Gasteiger partial charge on any atom is -0.350 e. The summed E-state index contributed by atoms with van der Waals surface area (Å²) in [6.45, 7) is 8.10. The van der Waals surface area contributed by atoms with Crippen molar-refractivity contribution in [1.29, 1.82) is 0 Å². The van der Waals surface area contributed by atoms with Crippen LogP contribution in [0.5, 0.6) is 0 Å². The van der Waals surface area contributed by atoms with E-state index in [-0.39, 0.29) is 0 Å². The summed E-state index contributed by atoms with van der Waals surface area (Å²) in [6.07, 6.45) is 4.76. The molecule has 0 radical (unpaired) electrons. The lowest BCUT2D eigenvalue weighted by molar-refractivity contribution is 0.257. The summed E-state index contributed by atoms with van der Waals surface area (Å²) in [5, 5.41) is 0. The molecule has 2 nitrogen and oxygen atoms in total. The number of benzene rings is 1. The molecule has 1 aromatic carbocycles. The normalized spacial score (nSPS) is 24.9. The Morgan fingerprint density at radius 3 is 2.44 bits per heavy atom. The molecular weight excluding hydrogens is 220 g/mol. The van der Waals surface area contributed by atoms with Crippen LogP contribution >= 0.6 is 0 Å². The molecule has 1 saturated carbocycles. The Kier molecular flexibility index (Phi) is 2.96. The number of nitrogens with zero attached hydrogens (tertiary/aromatic N) is 2. The highest BCUT2D eigenvalue weighted by Crippen LogP contribution is 2.44. The number of fused-ring (bicyclic) bond motifs is 1. The van der Waals surface area contributed by atoms with Crippen molar-refractivity contribution in [2.45, 2.75) is 52.2 Å². The van der Waals surface area contributed by atoms with Gasteiger partial charge in [-0.3, -0.25) is 0 Å². The van der Waals surface area contributed by atoms with E-state index in [1.807, 2.05) is 0 Å². The van der Waals surface area contributed by atoms with Crippen LogP contribution in [0.25, 0.3) is 0 Å². The first-order chi connectivity index (χ1) is 8.74. The Morgan fingerprint density at radius 2 is 1.89 bits per heavy atom. The molecular formula is C16H24N2. The van der Waals surface area contributed by atoms with Crippen LogP contribution in [-0.4, -0.2) is 18.8 Å². The van der Waals surface area contributed by atoms with Crippen LogP contribution < -0.4 is 9.80 Å². The zero-order chi connectivity index (χ0) is 12.7. The van der Waals surface area contributed by atoms with E-state index in [0.717, 1.165) is 12.5 Å². The molecule has 2 heteroatoms. The van der Waals surface area contributed by atoms with Crippen molar-refractivity contribution in [2.75, 3.05) is 16.3 Å². The summed E-state index contributed by atoms with van der Waals surface area (Å²) in [6, 6.07) is 9.56. The van der Waals surface area contributed by atoms with Gasteiger partial charge in [0.2, 0.25) is 0 Å². The summed E-state index contributed by atoms with van der Waals surface area (Å²) < 4.78 is 0. The predicted octanol–water partition coefficient (Wildman–Crippen LogP) is 3.87. The molecule has 0 spiro atoms. The molecule has 98 valence electrons. The van der Waals surface area contributed by atoms with Gasteiger partial charge in [0, 0.05) is 12.6 Å². The minimum atomic E-state index is 0.503. The molecule has 0 saturated heterocycles. The van der Waals surface area contributed by atoms with Crippen LogP contribution in [0, 0.1) is 5.92 Å². The van der Waals surface area contributed by atoms with Crippen molar-refractivity contribution in [3.8, 4) is 0 Å². The van der Waals surface area contributed by atoms with Gasteiger partial charge in [0.05, 0.1) is 17.5 Å². The van der Waals surface area contributed by atoms with Crippen LogP contribution in [0.3, 0.4) is 0 Å². The van der Waals surface area contributed by atoms with Gasteiger partial charge in [-0.2, -0.15) is 0 Å². The van der Waals surface area contributed by atoms with Gasteiger partial charge >= 0.3 is 0 Å². The van der Waals surface area contributed by atoms with Gasteiger partial charge in [-0.05, 0) is 51.7 Å². The van der Waals surface area contributed by atoms with Crippen molar-refractivity contribution in [3.05, 3.63) is 24.3 Å². The SMILES string of the molecule is CCN1c2ccccc2N(C(C)C2CCC2)C1C. The average molecular weight is 244 g/mol. The summed E-state index contributed by atoms with van der Waals surface area (Å²) >= 11 is 0. The molecule has 1 aliphatic carbocycles. The first-order valence-electron chi connectivity index (χ1n) is 7.38. The topological polar surface area (TPSA) is 6.48 Å². The molecule has 2 aliphatic rings. The fourth-order valence-corrected chi connectivity index (χ4v) is 3.62. The van der Waals surface area contributed by atoms with Crippen molar-refractivity contribution in [2.24, 2.45) is 5.92 Å². The number of rotatable bonds is 3. The quantitative estimate of drug-likeness (QED) is 0.796. The summed E-state index contributed by atoms with van der Waals surface area (Å²) in [5.74, 6) is 0.900. The zero-order valence-electron chi connectivity index (χ0n) is 11.8. The summed E-state index contributed by atoms with van der Waals surface area (Å²) in [5.41, 5.74) is 2.85. The highest BCUT2D eigenvalue weighted by molar-refractivity contribution is 5.77. The van der Waals surface area contributed by atoms with Gasteiger partial charge in [-0.1, -0.05) is 18.6 Å². The van der Waals surface area contributed by atoms with Crippen molar-refractivity contribution >= 4 is 11.4 Å². The molecule has 0 amide bonds. The maximum absolute atomic E-state index is 2.64. The molecule has 3 rings (SSSR count). The second kappa shape index (κ2) is 4.49. The van der Waals surface area contributed by atoms with E-state index >= 15 is 0 Å². The molecule has 2 unspecified atom stereocenters. The average Bonchev–Trinajstić information content (AvgIpc) is 2.58. The number of anilines is 2. The molecule has 1 heterocycles. The smallest absolute Gasteiger partial charge is 0.0990 e. The monoisotopic (exact) mass is 244 g/mol. The third-order valence-corrected chi connectivity index (χ3v) is 4.93. The van der Waals surface area contributed by atoms with E-state index in [9.17, 15) is 0 Å². The second-order valence-electron chi connectivity index (χ2n) is 5.75. The Bertz CT molecular complexity index is 421. The Labute approximate surface area is 111 Å². The van der Waals surface area contributed by atoms with E-state index in [1.54, 1.807) is 0 Å². The Morgan fingerprint density at radius 1 is 1.22 bits per heavy atom. The summed E-state index contributed by atoms with van der Waals surface area (Å²) in [4.78, 5) is 5.16. The highest BCUT2D eigenvalue weighted by Gasteiger charge is 2.38. The molecule has 1 fully saturated rings. The highest BCUT2D eigenvalue weighted by atomic mass is 15.4. The van der Waals surface area contributed by atoms with Gasteiger partial charge in [0.25, 0.3) is 0 Å². The third kappa shape index (κ3) is 1.62. The van der Waals surface area contributed by atoms with Crippen molar-refractivity contribution < 1.29 is 0 Å². The van der Waals surface area contributed by atoms with E-state index < -0.39 is 0 Å². The third-order valence-electron chi connectivity index (χ3n) is 4.93. The van der Waals surface area contributed by atoms with Gasteiger partial charge in [0.1, 0.15) is 0 Å². The van der Waals surface area contributed by atoms with Crippen LogP contribution in [0.4, 0.5) is 11.4 Å². The fourth-order valence-electron chi connectivity index (χ4n) is 3.62. The van der Waals surface area contributed by atoms with Crippen molar-refractivity contribution in [1.82, 2.24) is 0 Å². The first kappa shape index (κ1) is 11.9. The van der Waals surface area contributed by atoms with Crippen LogP contribution in [0.1, 0.15) is 40.0 Å². The standard InChI is InChI=1S/C16H24N2/c1-4-17-13(3)18(12(2)14-8-7-9-14)16-11-6-5-10-15(16)17/h5-6,10-14H,4,7-9H2,1-3H3. The lowest BCUT2D eigenvalue weighted by Crippen LogP contribution is -2.49. The molecule has 2 atom stereocenters. The van der Waals surface area contributed by atoms with E-state index in [2.05, 4.69) is 54.8 Å². The molecule has 0 bridgehead atoms. The first-order valence-corrected chi connectivity index (χ1v) is 7.38. The Hall–Kier alpha value is -1.18. The second-order valence-corrected chi connectivity index (χ2v) is 5.75. The molecule has 1 aromatic rings. The van der Waals surface area contributed by atoms with Crippen LogP contribution in [0.2, 0.25) is 0 Å². The van der Waals surface area contributed by atoms with Crippen LogP contribution in [0.15, 0.2) is 24.3 Å². The maximum Gasteiger partial charge on any atom is 0.0990 e. The Balaban J connectivity index is 1.94. The van der Waals surface area contributed by atoms with Gasteiger partial charge < -0.3 is 9.80 Å². The lowest BCUT2D eigenvalue weighted by Gasteiger charge is -2.41. The van der Waals surface area contributed by atoms with Gasteiger partial charge in [-0.15, -0.1) is 0 Å². The summed E-state index contributed by atoms with van der Waals surface area (Å²) in [7, 11) is 0. The number of hydrogen-bond donors (Lipinski definition) is 0. The van der Waals surface area contributed by atoms with Gasteiger partial charge in [-0.25, -0.2) is 0 Å². The zero-order valence-corrected chi connectivity index (χ0v) is 11.8. The maximum atomic E-state index is 2.64. The minimum absolute atomic E-state index is 0.503.